The lowest BCUT2D eigenvalue weighted by Gasteiger charge is -2.45. The molecule has 2 aromatic rings. The first-order valence-corrected chi connectivity index (χ1v) is 8.28. The largest absolute Gasteiger partial charge is 0.394 e. The molecule has 0 saturated carbocycles. The van der Waals surface area contributed by atoms with Crippen molar-refractivity contribution in [2.45, 2.75) is 45.6 Å². The van der Waals surface area contributed by atoms with Crippen molar-refractivity contribution in [3.05, 3.63) is 41.7 Å². The van der Waals surface area contributed by atoms with Crippen molar-refractivity contribution in [2.75, 3.05) is 18.6 Å². The van der Waals surface area contributed by atoms with E-state index in [0.717, 1.165) is 6.54 Å². The maximum atomic E-state index is 3.11. The number of rotatable bonds is 3. The molecule has 0 bridgehead atoms. The summed E-state index contributed by atoms with van der Waals surface area (Å²) in [6, 6.07) is 8.74. The zero-order valence-corrected chi connectivity index (χ0v) is 14.2. The highest BCUT2D eigenvalue weighted by Crippen LogP contribution is 2.33. The molecular weight excluding hydrogens is 270 g/mol. The van der Waals surface area contributed by atoms with E-state index < -0.39 is 0 Å². The maximum Gasteiger partial charge on any atom is 0.0704 e. The Kier molecular flexibility index (Phi) is 3.90. The Morgan fingerprint density at radius 1 is 1.18 bits per heavy atom. The third-order valence-corrected chi connectivity index (χ3v) is 4.90. The molecule has 0 amide bonds. The summed E-state index contributed by atoms with van der Waals surface area (Å²) in [6.45, 7) is 8.09. The van der Waals surface area contributed by atoms with Crippen LogP contribution in [0.1, 0.15) is 44.4 Å². The van der Waals surface area contributed by atoms with Gasteiger partial charge in [-0.3, -0.25) is 4.68 Å². The van der Waals surface area contributed by atoms with Gasteiger partial charge < -0.3 is 10.3 Å². The van der Waals surface area contributed by atoms with Gasteiger partial charge >= 0.3 is 0 Å². The number of fused-ring (bicyclic) bond motifs is 1. The number of hydrogen-bond acceptors (Lipinski definition) is 2. The predicted octanol–water partition coefficient (Wildman–Crippen LogP) is 4.04. The molecule has 3 nitrogen and oxygen atoms in total. The summed E-state index contributed by atoms with van der Waals surface area (Å²) in [7, 11) is 1.94. The van der Waals surface area contributed by atoms with Gasteiger partial charge in [0.15, 0.2) is 0 Å². The summed E-state index contributed by atoms with van der Waals surface area (Å²) < 4.78 is 2.45. The SMILES string of the molecule is CN/C=C\c1c(C)n(N2CCCCC2(C)C)c2ccccc12. The van der Waals surface area contributed by atoms with E-state index in [4.69, 9.17) is 0 Å². The molecule has 1 aromatic heterocycles. The lowest BCUT2D eigenvalue weighted by atomic mass is 9.92. The average molecular weight is 297 g/mol. The second-order valence-electron chi connectivity index (χ2n) is 6.84. The van der Waals surface area contributed by atoms with Crippen molar-refractivity contribution < 1.29 is 0 Å². The quantitative estimate of drug-likeness (QED) is 0.922. The van der Waals surface area contributed by atoms with Crippen molar-refractivity contribution in [3.8, 4) is 0 Å². The summed E-state index contributed by atoms with van der Waals surface area (Å²) in [5.74, 6) is 0. The highest BCUT2D eigenvalue weighted by molar-refractivity contribution is 5.91. The van der Waals surface area contributed by atoms with Crippen molar-refractivity contribution in [1.82, 2.24) is 9.99 Å². The lowest BCUT2D eigenvalue weighted by molar-refractivity contribution is 0.297. The van der Waals surface area contributed by atoms with Crippen molar-refractivity contribution in [2.24, 2.45) is 0 Å². The van der Waals surface area contributed by atoms with Gasteiger partial charge in [0.25, 0.3) is 0 Å². The van der Waals surface area contributed by atoms with E-state index in [1.807, 2.05) is 13.2 Å². The molecule has 22 heavy (non-hydrogen) atoms. The fourth-order valence-electron chi connectivity index (χ4n) is 3.69. The zero-order chi connectivity index (χ0) is 15.7. The predicted molar refractivity (Wildman–Crippen MR) is 95.8 cm³/mol. The molecule has 1 aliphatic rings. The van der Waals surface area contributed by atoms with Crippen LogP contribution in [0.25, 0.3) is 17.0 Å². The number of para-hydroxylation sites is 1. The van der Waals surface area contributed by atoms with Crippen LogP contribution in [0, 0.1) is 6.92 Å². The molecule has 1 N–H and O–H groups in total. The lowest BCUT2D eigenvalue weighted by Crippen LogP contribution is -2.54. The third kappa shape index (κ3) is 2.39. The molecule has 2 heterocycles. The number of benzene rings is 1. The van der Waals surface area contributed by atoms with Crippen LogP contribution in [-0.2, 0) is 0 Å². The van der Waals surface area contributed by atoms with E-state index in [1.54, 1.807) is 0 Å². The Balaban J connectivity index is 2.21. The number of nitrogens with zero attached hydrogens (tertiary/aromatic N) is 2. The smallest absolute Gasteiger partial charge is 0.0704 e. The third-order valence-electron chi connectivity index (χ3n) is 4.90. The molecule has 3 rings (SSSR count). The molecule has 1 aliphatic heterocycles. The Morgan fingerprint density at radius 2 is 1.95 bits per heavy atom. The van der Waals surface area contributed by atoms with Gasteiger partial charge in [0.2, 0.25) is 0 Å². The van der Waals surface area contributed by atoms with Crippen LogP contribution in [0.15, 0.2) is 30.5 Å². The van der Waals surface area contributed by atoms with Crippen molar-refractivity contribution >= 4 is 17.0 Å². The number of piperidine rings is 1. The van der Waals surface area contributed by atoms with Crippen LogP contribution < -0.4 is 10.3 Å². The molecular formula is C19H27N3. The minimum atomic E-state index is 0.203. The van der Waals surface area contributed by atoms with Gasteiger partial charge in [0.1, 0.15) is 0 Å². The standard InChI is InChI=1S/C19H27N3/c1-15-16(11-13-20-4)17-9-5-6-10-18(17)22(15)21-14-8-7-12-19(21,2)3/h5-6,9-11,13,20H,7-8,12,14H2,1-4H3/b13-11-. The molecule has 0 radical (unpaired) electrons. The molecule has 0 aliphatic carbocycles. The Morgan fingerprint density at radius 3 is 2.68 bits per heavy atom. The van der Waals surface area contributed by atoms with Gasteiger partial charge in [-0.25, -0.2) is 0 Å². The van der Waals surface area contributed by atoms with Gasteiger partial charge in [0.05, 0.1) is 11.1 Å². The second-order valence-corrected chi connectivity index (χ2v) is 6.84. The van der Waals surface area contributed by atoms with Crippen LogP contribution in [0.5, 0.6) is 0 Å². The number of hydrogen-bond donors (Lipinski definition) is 1. The molecule has 1 saturated heterocycles. The fourth-order valence-corrected chi connectivity index (χ4v) is 3.69. The Labute approximate surface area is 133 Å². The Bertz CT molecular complexity index is 694. The van der Waals surface area contributed by atoms with E-state index in [0.29, 0.717) is 0 Å². The first-order valence-electron chi connectivity index (χ1n) is 8.28. The van der Waals surface area contributed by atoms with Gasteiger partial charge in [-0.2, -0.15) is 0 Å². The first kappa shape index (κ1) is 15.0. The van der Waals surface area contributed by atoms with E-state index >= 15 is 0 Å². The normalized spacial score (nSPS) is 18.3. The maximum absolute atomic E-state index is 3.11. The van der Waals surface area contributed by atoms with E-state index in [1.165, 1.54) is 41.4 Å². The summed E-state index contributed by atoms with van der Waals surface area (Å²) in [5, 5.41) is 7.00. The molecule has 0 spiro atoms. The topological polar surface area (TPSA) is 20.2 Å². The van der Waals surface area contributed by atoms with Crippen molar-refractivity contribution in [3.63, 3.8) is 0 Å². The van der Waals surface area contributed by atoms with Crippen LogP contribution in [0.4, 0.5) is 0 Å². The summed E-state index contributed by atoms with van der Waals surface area (Å²) in [5.41, 5.74) is 4.15. The van der Waals surface area contributed by atoms with Crippen LogP contribution in [-0.4, -0.2) is 23.8 Å². The molecule has 1 aromatic carbocycles. The minimum Gasteiger partial charge on any atom is -0.394 e. The van der Waals surface area contributed by atoms with E-state index in [9.17, 15) is 0 Å². The van der Waals surface area contributed by atoms with Gasteiger partial charge in [-0.1, -0.05) is 18.2 Å². The van der Waals surface area contributed by atoms with Gasteiger partial charge in [-0.05, 0) is 58.4 Å². The molecule has 3 heteroatoms. The van der Waals surface area contributed by atoms with Gasteiger partial charge in [0, 0.05) is 30.2 Å². The van der Waals surface area contributed by atoms with Crippen LogP contribution >= 0.6 is 0 Å². The van der Waals surface area contributed by atoms with Gasteiger partial charge in [-0.15, -0.1) is 0 Å². The first-order chi connectivity index (χ1) is 10.6. The minimum absolute atomic E-state index is 0.203. The molecule has 0 unspecified atom stereocenters. The average Bonchev–Trinajstić information content (AvgIpc) is 2.77. The molecule has 0 atom stereocenters. The zero-order valence-electron chi connectivity index (χ0n) is 14.2. The highest BCUT2D eigenvalue weighted by atomic mass is 15.6. The highest BCUT2D eigenvalue weighted by Gasteiger charge is 2.32. The van der Waals surface area contributed by atoms with Crippen LogP contribution in [0.2, 0.25) is 0 Å². The second kappa shape index (κ2) is 5.71. The molecule has 1 fully saturated rings. The monoisotopic (exact) mass is 297 g/mol. The Hall–Kier alpha value is -1.90. The molecule has 118 valence electrons. The summed E-state index contributed by atoms with van der Waals surface area (Å²) in [4.78, 5) is 0. The van der Waals surface area contributed by atoms with E-state index in [-0.39, 0.29) is 5.54 Å². The van der Waals surface area contributed by atoms with Crippen molar-refractivity contribution in [1.29, 1.82) is 0 Å². The summed E-state index contributed by atoms with van der Waals surface area (Å²) >= 11 is 0. The number of aromatic nitrogens is 1. The number of nitrogens with one attached hydrogen (secondary N) is 1. The van der Waals surface area contributed by atoms with E-state index in [2.05, 4.69) is 66.1 Å². The summed E-state index contributed by atoms with van der Waals surface area (Å²) in [6.07, 6.45) is 8.05. The van der Waals surface area contributed by atoms with Crippen LogP contribution in [0.3, 0.4) is 0 Å². The fraction of sp³-hybridized carbons (Fsp3) is 0.474.